The third kappa shape index (κ3) is 5.92. The van der Waals surface area contributed by atoms with Gasteiger partial charge in [-0.05, 0) is 37.1 Å². The molecule has 9 heteroatoms. The SMILES string of the molecule is CC(C)CN1C(=O)[C@@H](CC(=O)OC(=O)C(C)O)O[C@H](c2ccccc2Cl)c2cc(Cl)ccc21. The van der Waals surface area contributed by atoms with E-state index in [1.54, 1.807) is 47.4 Å². The maximum absolute atomic E-state index is 13.5. The molecule has 1 aliphatic heterocycles. The van der Waals surface area contributed by atoms with E-state index in [0.29, 0.717) is 33.4 Å². The molecule has 0 bridgehead atoms. The van der Waals surface area contributed by atoms with Gasteiger partial charge in [-0.3, -0.25) is 9.59 Å². The summed E-state index contributed by atoms with van der Waals surface area (Å²) in [4.78, 5) is 39.1. The first-order valence-corrected chi connectivity index (χ1v) is 11.3. The Kier molecular flexibility index (Phi) is 8.13. The Morgan fingerprint density at radius 3 is 2.45 bits per heavy atom. The number of nitrogens with zero attached hydrogens (tertiary/aromatic N) is 1. The van der Waals surface area contributed by atoms with Crippen molar-refractivity contribution in [2.24, 2.45) is 5.92 Å². The molecule has 0 spiro atoms. The second-order valence-corrected chi connectivity index (χ2v) is 9.09. The van der Waals surface area contributed by atoms with Gasteiger partial charge in [-0.15, -0.1) is 0 Å². The molecule has 0 saturated heterocycles. The number of hydrogen-bond donors (Lipinski definition) is 1. The van der Waals surface area contributed by atoms with Gasteiger partial charge in [-0.25, -0.2) is 4.79 Å². The molecule has 0 fully saturated rings. The van der Waals surface area contributed by atoms with Crippen molar-refractivity contribution in [3.8, 4) is 0 Å². The van der Waals surface area contributed by atoms with E-state index >= 15 is 0 Å². The van der Waals surface area contributed by atoms with E-state index < -0.39 is 42.6 Å². The Hall–Kier alpha value is -2.45. The Labute approximate surface area is 202 Å². The smallest absolute Gasteiger partial charge is 0.342 e. The second-order valence-electron chi connectivity index (χ2n) is 8.25. The van der Waals surface area contributed by atoms with Crippen LogP contribution in [0.25, 0.3) is 0 Å². The van der Waals surface area contributed by atoms with E-state index in [9.17, 15) is 19.5 Å². The molecule has 2 aromatic rings. The van der Waals surface area contributed by atoms with Crippen LogP contribution < -0.4 is 4.90 Å². The Morgan fingerprint density at radius 2 is 1.82 bits per heavy atom. The van der Waals surface area contributed by atoms with Crippen LogP contribution in [-0.2, 0) is 23.9 Å². The van der Waals surface area contributed by atoms with Gasteiger partial charge in [0.1, 0.15) is 18.3 Å². The molecule has 0 saturated carbocycles. The minimum atomic E-state index is -1.47. The number of hydrogen-bond acceptors (Lipinski definition) is 6. The van der Waals surface area contributed by atoms with Crippen LogP contribution in [-0.4, -0.2) is 41.7 Å². The molecule has 33 heavy (non-hydrogen) atoms. The van der Waals surface area contributed by atoms with Crippen LogP contribution in [0.4, 0.5) is 5.69 Å². The average molecular weight is 494 g/mol. The molecule has 0 aliphatic carbocycles. The third-order valence-electron chi connectivity index (χ3n) is 5.05. The summed E-state index contributed by atoms with van der Waals surface area (Å²) in [5.41, 5.74) is 1.82. The van der Waals surface area contributed by atoms with Crippen molar-refractivity contribution in [1.29, 1.82) is 0 Å². The topological polar surface area (TPSA) is 93.1 Å². The number of aliphatic hydroxyl groups is 1. The van der Waals surface area contributed by atoms with Crippen molar-refractivity contribution >= 4 is 46.7 Å². The monoisotopic (exact) mass is 493 g/mol. The first-order chi connectivity index (χ1) is 15.6. The average Bonchev–Trinajstić information content (AvgIpc) is 2.84. The molecule has 1 amide bonds. The molecule has 3 atom stereocenters. The van der Waals surface area contributed by atoms with Crippen molar-refractivity contribution in [2.45, 2.75) is 45.5 Å². The van der Waals surface area contributed by atoms with Crippen LogP contribution >= 0.6 is 23.2 Å². The second kappa shape index (κ2) is 10.7. The lowest BCUT2D eigenvalue weighted by atomic mass is 9.99. The zero-order valence-corrected chi connectivity index (χ0v) is 20.0. The van der Waals surface area contributed by atoms with Crippen molar-refractivity contribution in [1.82, 2.24) is 0 Å². The quantitative estimate of drug-likeness (QED) is 0.475. The summed E-state index contributed by atoms with van der Waals surface area (Å²) in [7, 11) is 0. The summed E-state index contributed by atoms with van der Waals surface area (Å²) < 4.78 is 10.8. The van der Waals surface area contributed by atoms with Gasteiger partial charge in [-0.2, -0.15) is 0 Å². The lowest BCUT2D eigenvalue weighted by molar-refractivity contribution is -0.168. The molecule has 3 rings (SSSR count). The standard InChI is InChI=1S/C24H25Cl2NO6/c1-13(2)12-27-19-9-8-15(25)10-17(19)22(16-6-4-5-7-18(16)26)32-20(23(27)30)11-21(29)33-24(31)14(3)28/h4-10,13-14,20,22,28H,11-12H2,1-3H3/t14?,20-,22-/m1/s1. The molecule has 176 valence electrons. The maximum atomic E-state index is 13.5. The predicted octanol–water partition coefficient (Wildman–Crippen LogP) is 4.31. The summed E-state index contributed by atoms with van der Waals surface area (Å²) in [5.74, 6) is -2.43. The summed E-state index contributed by atoms with van der Waals surface area (Å²) in [6.07, 6.45) is -4.06. The van der Waals surface area contributed by atoms with Crippen molar-refractivity contribution in [3.05, 3.63) is 63.6 Å². The van der Waals surface area contributed by atoms with E-state index in [0.717, 1.165) is 0 Å². The van der Waals surface area contributed by atoms with Crippen LogP contribution in [0.5, 0.6) is 0 Å². The van der Waals surface area contributed by atoms with Crippen LogP contribution in [0.3, 0.4) is 0 Å². The summed E-state index contributed by atoms with van der Waals surface area (Å²) >= 11 is 12.7. The molecule has 0 radical (unpaired) electrons. The van der Waals surface area contributed by atoms with E-state index in [1.165, 1.54) is 6.92 Å². The van der Waals surface area contributed by atoms with Crippen LogP contribution in [0.2, 0.25) is 10.0 Å². The largest absolute Gasteiger partial charge is 0.391 e. The minimum absolute atomic E-state index is 0.110. The molecule has 1 aliphatic rings. The normalized spacial score (nSPS) is 19.1. The molecular formula is C24H25Cl2NO6. The van der Waals surface area contributed by atoms with Gasteiger partial charge in [0.25, 0.3) is 5.91 Å². The highest BCUT2D eigenvalue weighted by molar-refractivity contribution is 6.31. The predicted molar refractivity (Wildman–Crippen MR) is 124 cm³/mol. The lowest BCUT2D eigenvalue weighted by Crippen LogP contribution is -2.42. The van der Waals surface area contributed by atoms with Gasteiger partial charge in [-0.1, -0.05) is 55.2 Å². The fourth-order valence-electron chi connectivity index (χ4n) is 3.58. The fourth-order valence-corrected chi connectivity index (χ4v) is 3.99. The number of rotatable bonds is 6. The van der Waals surface area contributed by atoms with E-state index in [2.05, 4.69) is 4.74 Å². The Bertz CT molecular complexity index is 1060. The highest BCUT2D eigenvalue weighted by atomic mass is 35.5. The molecule has 2 aromatic carbocycles. The van der Waals surface area contributed by atoms with Crippen molar-refractivity contribution in [3.63, 3.8) is 0 Å². The number of fused-ring (bicyclic) bond motifs is 1. The third-order valence-corrected chi connectivity index (χ3v) is 5.63. The van der Waals surface area contributed by atoms with Crippen LogP contribution in [0.1, 0.15) is 44.4 Å². The lowest BCUT2D eigenvalue weighted by Gasteiger charge is -2.26. The highest BCUT2D eigenvalue weighted by Crippen LogP contribution is 2.42. The maximum Gasteiger partial charge on any atom is 0.342 e. The van der Waals surface area contributed by atoms with Gasteiger partial charge >= 0.3 is 11.9 Å². The van der Waals surface area contributed by atoms with Crippen LogP contribution in [0.15, 0.2) is 42.5 Å². The molecule has 1 heterocycles. The number of amides is 1. The zero-order chi connectivity index (χ0) is 24.3. The van der Waals surface area contributed by atoms with Gasteiger partial charge in [0.05, 0.1) is 6.42 Å². The highest BCUT2D eigenvalue weighted by Gasteiger charge is 2.39. The summed E-state index contributed by atoms with van der Waals surface area (Å²) in [6, 6.07) is 12.2. The minimum Gasteiger partial charge on any atom is -0.391 e. The number of esters is 2. The van der Waals surface area contributed by atoms with Gasteiger partial charge in [0.15, 0.2) is 0 Å². The Balaban J connectivity index is 2.08. The van der Waals surface area contributed by atoms with E-state index in [-0.39, 0.29) is 5.92 Å². The molecule has 1 unspecified atom stereocenters. The number of benzene rings is 2. The van der Waals surface area contributed by atoms with Gasteiger partial charge in [0, 0.05) is 33.4 Å². The molecular weight excluding hydrogens is 469 g/mol. The van der Waals surface area contributed by atoms with Crippen molar-refractivity contribution in [2.75, 3.05) is 11.4 Å². The molecule has 7 nitrogen and oxygen atoms in total. The zero-order valence-electron chi connectivity index (χ0n) is 18.5. The number of carbonyl (C=O) groups excluding carboxylic acids is 3. The number of aliphatic hydroxyl groups excluding tert-OH is 1. The van der Waals surface area contributed by atoms with Crippen LogP contribution in [0, 0.1) is 5.92 Å². The number of ether oxygens (including phenoxy) is 2. The number of halogens is 2. The summed E-state index contributed by atoms with van der Waals surface area (Å²) in [5, 5.41) is 10.2. The summed E-state index contributed by atoms with van der Waals surface area (Å²) in [6.45, 7) is 5.47. The molecule has 0 aromatic heterocycles. The first kappa shape index (κ1) is 25.2. The van der Waals surface area contributed by atoms with E-state index in [4.69, 9.17) is 27.9 Å². The number of anilines is 1. The fraction of sp³-hybridized carbons (Fsp3) is 0.375. The Morgan fingerprint density at radius 1 is 1.12 bits per heavy atom. The van der Waals surface area contributed by atoms with Crippen molar-refractivity contribution < 1.29 is 29.0 Å². The first-order valence-electron chi connectivity index (χ1n) is 10.5. The number of carbonyl (C=O) groups is 3. The van der Waals surface area contributed by atoms with Gasteiger partial charge < -0.3 is 19.5 Å². The molecule has 1 N–H and O–H groups in total. The van der Waals surface area contributed by atoms with Gasteiger partial charge in [0.2, 0.25) is 0 Å². The van der Waals surface area contributed by atoms with E-state index in [1.807, 2.05) is 13.8 Å².